The molecule has 0 unspecified atom stereocenters. The number of halogens is 2. The molecular formula is C13H13ClFN3O2S. The molecule has 1 aromatic heterocycles. The number of aryl methyl sites for hydroxylation is 1. The monoisotopic (exact) mass is 329 g/mol. The van der Waals surface area contributed by atoms with E-state index in [1.54, 1.807) is 25.1 Å². The van der Waals surface area contributed by atoms with Crippen LogP contribution in [-0.2, 0) is 16.6 Å². The van der Waals surface area contributed by atoms with Gasteiger partial charge in [0.15, 0.2) is 5.82 Å². The molecular weight excluding hydrogens is 317 g/mol. The fourth-order valence-corrected chi connectivity index (χ4v) is 3.14. The zero-order chi connectivity index (χ0) is 15.6. The Kier molecular flexibility index (Phi) is 4.46. The van der Waals surface area contributed by atoms with E-state index >= 15 is 0 Å². The summed E-state index contributed by atoms with van der Waals surface area (Å²) in [5, 5.41) is -0.343. The minimum atomic E-state index is -4.08. The van der Waals surface area contributed by atoms with Gasteiger partial charge in [0.25, 0.3) is 0 Å². The number of benzene rings is 1. The Morgan fingerprint density at radius 2 is 2.10 bits per heavy atom. The lowest BCUT2D eigenvalue weighted by Gasteiger charge is -2.09. The number of hydrogen-bond acceptors (Lipinski definition) is 4. The van der Waals surface area contributed by atoms with Crippen molar-refractivity contribution in [3.8, 4) is 0 Å². The smallest absolute Gasteiger partial charge is 0.243 e. The summed E-state index contributed by atoms with van der Waals surface area (Å²) in [6, 6.07) is 7.38. The number of rotatable bonds is 4. The van der Waals surface area contributed by atoms with Crippen LogP contribution >= 0.6 is 11.6 Å². The van der Waals surface area contributed by atoms with Gasteiger partial charge in [-0.1, -0.05) is 17.7 Å². The highest BCUT2D eigenvalue weighted by molar-refractivity contribution is 7.89. The molecule has 3 N–H and O–H groups in total. The van der Waals surface area contributed by atoms with Gasteiger partial charge in [-0.25, -0.2) is 17.5 Å². The van der Waals surface area contributed by atoms with Crippen LogP contribution in [0.1, 0.15) is 11.4 Å². The zero-order valence-electron chi connectivity index (χ0n) is 11.1. The Hall–Kier alpha value is -1.70. The number of aromatic nitrogens is 1. The predicted molar refractivity (Wildman–Crippen MR) is 78.8 cm³/mol. The van der Waals surface area contributed by atoms with E-state index in [0.717, 1.165) is 17.8 Å². The Morgan fingerprint density at radius 3 is 2.76 bits per heavy atom. The summed E-state index contributed by atoms with van der Waals surface area (Å²) in [6.45, 7) is 1.73. The third kappa shape index (κ3) is 3.69. The Labute approximate surface area is 127 Å². The van der Waals surface area contributed by atoms with Crippen LogP contribution in [0.4, 0.5) is 10.1 Å². The first-order chi connectivity index (χ1) is 9.79. The first-order valence-corrected chi connectivity index (χ1v) is 7.82. The van der Waals surface area contributed by atoms with E-state index in [1.165, 1.54) is 0 Å². The lowest BCUT2D eigenvalue weighted by Crippen LogP contribution is -2.25. The maximum absolute atomic E-state index is 13.8. The second-order valence-corrected chi connectivity index (χ2v) is 6.55. The summed E-state index contributed by atoms with van der Waals surface area (Å²) in [5.41, 5.74) is 6.84. The third-order valence-electron chi connectivity index (χ3n) is 2.70. The average molecular weight is 330 g/mol. The summed E-state index contributed by atoms with van der Waals surface area (Å²) < 4.78 is 40.4. The molecule has 1 heterocycles. The van der Waals surface area contributed by atoms with Crippen LogP contribution in [0.3, 0.4) is 0 Å². The van der Waals surface area contributed by atoms with Crippen LogP contribution < -0.4 is 10.5 Å². The minimum absolute atomic E-state index is 0.0597. The van der Waals surface area contributed by atoms with E-state index in [1.807, 2.05) is 0 Å². The first kappa shape index (κ1) is 15.7. The van der Waals surface area contributed by atoms with Gasteiger partial charge in [0.2, 0.25) is 10.0 Å². The predicted octanol–water partition coefficient (Wildman–Crippen LogP) is 2.24. The molecule has 0 amide bonds. The number of pyridine rings is 1. The van der Waals surface area contributed by atoms with Gasteiger partial charge in [0.05, 0.1) is 17.3 Å². The molecule has 0 bridgehead atoms. The van der Waals surface area contributed by atoms with Crippen molar-refractivity contribution in [2.24, 2.45) is 0 Å². The number of nitrogens with two attached hydrogens (primary N) is 1. The summed E-state index contributed by atoms with van der Waals surface area (Å²) in [4.78, 5) is 3.57. The van der Waals surface area contributed by atoms with Gasteiger partial charge in [0.1, 0.15) is 4.90 Å². The minimum Gasteiger partial charge on any atom is -0.399 e. The van der Waals surface area contributed by atoms with Gasteiger partial charge in [0, 0.05) is 11.4 Å². The van der Waals surface area contributed by atoms with E-state index in [2.05, 4.69) is 9.71 Å². The normalized spacial score (nSPS) is 11.6. The largest absolute Gasteiger partial charge is 0.399 e. The van der Waals surface area contributed by atoms with Crippen molar-refractivity contribution in [1.82, 2.24) is 9.71 Å². The summed E-state index contributed by atoms with van der Waals surface area (Å²) >= 11 is 5.60. The lowest BCUT2D eigenvalue weighted by atomic mass is 10.3. The van der Waals surface area contributed by atoms with Crippen molar-refractivity contribution in [2.45, 2.75) is 18.4 Å². The Balaban J connectivity index is 2.27. The molecule has 0 saturated heterocycles. The molecule has 0 aliphatic heterocycles. The van der Waals surface area contributed by atoms with Crippen LogP contribution in [-0.4, -0.2) is 13.4 Å². The highest BCUT2D eigenvalue weighted by Crippen LogP contribution is 2.25. The lowest BCUT2D eigenvalue weighted by molar-refractivity contribution is 0.556. The van der Waals surface area contributed by atoms with Gasteiger partial charge in [-0.05, 0) is 31.2 Å². The average Bonchev–Trinajstić information content (AvgIpc) is 2.41. The van der Waals surface area contributed by atoms with Crippen molar-refractivity contribution in [1.29, 1.82) is 0 Å². The number of anilines is 1. The number of hydrogen-bond donors (Lipinski definition) is 2. The Bertz CT molecular complexity index is 781. The van der Waals surface area contributed by atoms with Crippen LogP contribution in [0.5, 0.6) is 0 Å². The summed E-state index contributed by atoms with van der Waals surface area (Å²) in [5.74, 6) is -1.03. The summed E-state index contributed by atoms with van der Waals surface area (Å²) in [7, 11) is -4.08. The molecule has 0 saturated carbocycles. The van der Waals surface area contributed by atoms with Crippen LogP contribution in [0, 0.1) is 12.7 Å². The highest BCUT2D eigenvalue weighted by atomic mass is 35.5. The van der Waals surface area contributed by atoms with Crippen molar-refractivity contribution in [3.05, 3.63) is 52.6 Å². The van der Waals surface area contributed by atoms with Crippen molar-refractivity contribution < 1.29 is 12.8 Å². The molecule has 112 valence electrons. The fraction of sp³-hybridized carbons (Fsp3) is 0.154. The highest BCUT2D eigenvalue weighted by Gasteiger charge is 2.21. The van der Waals surface area contributed by atoms with Gasteiger partial charge in [-0.3, -0.25) is 4.98 Å². The van der Waals surface area contributed by atoms with Crippen molar-refractivity contribution >= 4 is 27.3 Å². The molecule has 2 rings (SSSR count). The molecule has 21 heavy (non-hydrogen) atoms. The molecule has 2 aromatic rings. The summed E-state index contributed by atoms with van der Waals surface area (Å²) in [6.07, 6.45) is 0. The number of nitrogens with zero attached hydrogens (tertiary/aromatic N) is 1. The van der Waals surface area contributed by atoms with Crippen molar-refractivity contribution in [3.63, 3.8) is 0 Å². The second kappa shape index (κ2) is 5.97. The third-order valence-corrected chi connectivity index (χ3v) is 4.37. The quantitative estimate of drug-likeness (QED) is 0.842. The molecule has 0 aliphatic carbocycles. The maximum Gasteiger partial charge on any atom is 0.243 e. The van der Waals surface area contributed by atoms with Gasteiger partial charge < -0.3 is 5.73 Å². The second-order valence-electron chi connectivity index (χ2n) is 4.41. The number of sulfonamides is 1. The molecule has 0 spiro atoms. The molecule has 5 nitrogen and oxygen atoms in total. The SMILES string of the molecule is Cc1cccc(CNS(=O)(=O)c2cc(N)cc(Cl)c2F)n1. The van der Waals surface area contributed by atoms with Gasteiger partial charge in [-0.15, -0.1) is 0 Å². The van der Waals surface area contributed by atoms with E-state index in [9.17, 15) is 12.8 Å². The van der Waals surface area contributed by atoms with E-state index in [4.69, 9.17) is 17.3 Å². The topological polar surface area (TPSA) is 85.1 Å². The van der Waals surface area contributed by atoms with E-state index in [0.29, 0.717) is 5.69 Å². The Morgan fingerprint density at radius 1 is 1.38 bits per heavy atom. The van der Waals surface area contributed by atoms with Crippen LogP contribution in [0.2, 0.25) is 5.02 Å². The number of nitrogens with one attached hydrogen (secondary N) is 1. The van der Waals surface area contributed by atoms with E-state index in [-0.39, 0.29) is 17.3 Å². The molecule has 8 heteroatoms. The zero-order valence-corrected chi connectivity index (χ0v) is 12.7. The standard InChI is InChI=1S/C13H13ClFN3O2S/c1-8-3-2-4-10(18-8)7-17-21(19,20)12-6-9(16)5-11(14)13(12)15/h2-6,17H,7,16H2,1H3. The van der Waals surface area contributed by atoms with E-state index < -0.39 is 20.7 Å². The molecule has 0 fully saturated rings. The van der Waals surface area contributed by atoms with Crippen LogP contribution in [0.15, 0.2) is 35.2 Å². The maximum atomic E-state index is 13.8. The molecule has 0 atom stereocenters. The molecule has 0 aliphatic rings. The van der Waals surface area contributed by atoms with Crippen molar-refractivity contribution in [2.75, 3.05) is 5.73 Å². The van der Waals surface area contributed by atoms with Gasteiger partial charge in [-0.2, -0.15) is 0 Å². The first-order valence-electron chi connectivity index (χ1n) is 5.96. The van der Waals surface area contributed by atoms with Gasteiger partial charge >= 0.3 is 0 Å². The molecule has 1 aromatic carbocycles. The fourth-order valence-electron chi connectivity index (χ4n) is 1.72. The molecule has 0 radical (unpaired) electrons. The number of nitrogen functional groups attached to an aromatic ring is 1. The van der Waals surface area contributed by atoms with Crippen LogP contribution in [0.25, 0.3) is 0 Å².